The van der Waals surface area contributed by atoms with Gasteiger partial charge < -0.3 is 9.64 Å². The van der Waals surface area contributed by atoms with Gasteiger partial charge in [0.15, 0.2) is 0 Å². The standard InChI is InChI=1S/C18H27N3O2/c1-14-9-10-17(20-19-14)23-16-8-5-11-21(13-16)18(22)12-15-6-3-2-4-7-15/h9-10,15-16H,2-8,11-13H2,1H3. The molecule has 1 aliphatic heterocycles. The molecule has 5 heteroatoms. The van der Waals surface area contributed by atoms with Crippen molar-refractivity contribution in [2.45, 2.75) is 64.4 Å². The van der Waals surface area contributed by atoms with Crippen LogP contribution >= 0.6 is 0 Å². The highest BCUT2D eigenvalue weighted by Crippen LogP contribution is 2.27. The Morgan fingerprint density at radius 2 is 2.00 bits per heavy atom. The van der Waals surface area contributed by atoms with Crippen LogP contribution in [0, 0.1) is 12.8 Å². The van der Waals surface area contributed by atoms with E-state index in [2.05, 4.69) is 10.2 Å². The summed E-state index contributed by atoms with van der Waals surface area (Å²) in [5.41, 5.74) is 0.880. The number of likely N-dealkylation sites (tertiary alicyclic amines) is 1. The van der Waals surface area contributed by atoms with E-state index in [9.17, 15) is 4.79 Å². The van der Waals surface area contributed by atoms with Crippen molar-refractivity contribution in [2.75, 3.05) is 13.1 Å². The number of rotatable bonds is 4. The monoisotopic (exact) mass is 317 g/mol. The Balaban J connectivity index is 1.50. The Hall–Kier alpha value is -1.65. The number of amides is 1. The fourth-order valence-corrected chi connectivity index (χ4v) is 3.65. The Bertz CT molecular complexity index is 512. The van der Waals surface area contributed by atoms with E-state index >= 15 is 0 Å². The molecule has 5 nitrogen and oxygen atoms in total. The SMILES string of the molecule is Cc1ccc(OC2CCCN(C(=O)CC3CCCCC3)C2)nn1. The molecule has 1 saturated heterocycles. The first-order valence-electron chi connectivity index (χ1n) is 8.95. The highest BCUT2D eigenvalue weighted by atomic mass is 16.5. The maximum Gasteiger partial charge on any atom is 0.233 e. The largest absolute Gasteiger partial charge is 0.471 e. The van der Waals surface area contributed by atoms with Crippen LogP contribution in [0.4, 0.5) is 0 Å². The van der Waals surface area contributed by atoms with Gasteiger partial charge in [-0.1, -0.05) is 19.3 Å². The predicted molar refractivity (Wildman–Crippen MR) is 88.2 cm³/mol. The highest BCUT2D eigenvalue weighted by Gasteiger charge is 2.27. The van der Waals surface area contributed by atoms with Crippen LogP contribution in [0.3, 0.4) is 0 Å². The van der Waals surface area contributed by atoms with Gasteiger partial charge in [-0.05, 0) is 44.6 Å². The van der Waals surface area contributed by atoms with Crippen LogP contribution in [0.2, 0.25) is 0 Å². The van der Waals surface area contributed by atoms with E-state index in [1.165, 1.54) is 32.1 Å². The molecular weight excluding hydrogens is 290 g/mol. The first kappa shape index (κ1) is 16.2. The number of hydrogen-bond acceptors (Lipinski definition) is 4. The second-order valence-corrected chi connectivity index (χ2v) is 6.94. The van der Waals surface area contributed by atoms with Crippen molar-refractivity contribution in [1.82, 2.24) is 15.1 Å². The first-order chi connectivity index (χ1) is 11.2. The molecule has 0 radical (unpaired) electrons. The lowest BCUT2D eigenvalue weighted by Crippen LogP contribution is -2.45. The van der Waals surface area contributed by atoms with Gasteiger partial charge in [0.25, 0.3) is 0 Å². The maximum atomic E-state index is 12.6. The third-order valence-corrected chi connectivity index (χ3v) is 4.98. The minimum absolute atomic E-state index is 0.0380. The quantitative estimate of drug-likeness (QED) is 0.856. The molecule has 1 aromatic heterocycles. The van der Waals surface area contributed by atoms with Gasteiger partial charge in [-0.25, -0.2) is 0 Å². The highest BCUT2D eigenvalue weighted by molar-refractivity contribution is 5.76. The van der Waals surface area contributed by atoms with Crippen molar-refractivity contribution >= 4 is 5.91 Å². The van der Waals surface area contributed by atoms with Crippen molar-refractivity contribution in [3.8, 4) is 5.88 Å². The van der Waals surface area contributed by atoms with E-state index in [1.807, 2.05) is 24.0 Å². The summed E-state index contributed by atoms with van der Waals surface area (Å²) in [6.07, 6.45) is 9.08. The molecule has 1 unspecified atom stereocenters. The number of hydrogen-bond donors (Lipinski definition) is 0. The molecule has 0 aromatic carbocycles. The smallest absolute Gasteiger partial charge is 0.233 e. The maximum absolute atomic E-state index is 12.6. The molecule has 1 aliphatic carbocycles. The Morgan fingerprint density at radius 1 is 1.17 bits per heavy atom. The number of ether oxygens (including phenoxy) is 1. The van der Waals surface area contributed by atoms with Gasteiger partial charge in [-0.15, -0.1) is 5.10 Å². The second kappa shape index (κ2) is 7.75. The van der Waals surface area contributed by atoms with Crippen LogP contribution in [0.5, 0.6) is 5.88 Å². The van der Waals surface area contributed by atoms with E-state index < -0.39 is 0 Å². The van der Waals surface area contributed by atoms with Crippen molar-refractivity contribution in [3.05, 3.63) is 17.8 Å². The van der Waals surface area contributed by atoms with Gasteiger partial charge in [0.1, 0.15) is 6.10 Å². The summed E-state index contributed by atoms with van der Waals surface area (Å²) < 4.78 is 5.91. The van der Waals surface area contributed by atoms with Crippen LogP contribution in [-0.4, -0.2) is 40.2 Å². The number of carbonyl (C=O) groups excluding carboxylic acids is 1. The Morgan fingerprint density at radius 3 is 2.74 bits per heavy atom. The van der Waals surface area contributed by atoms with Gasteiger partial charge >= 0.3 is 0 Å². The summed E-state index contributed by atoms with van der Waals surface area (Å²) in [6, 6.07) is 3.75. The average molecular weight is 317 g/mol. The van der Waals surface area contributed by atoms with Crippen molar-refractivity contribution in [2.24, 2.45) is 5.92 Å². The van der Waals surface area contributed by atoms with Crippen LogP contribution in [0.25, 0.3) is 0 Å². The zero-order valence-electron chi connectivity index (χ0n) is 14.0. The summed E-state index contributed by atoms with van der Waals surface area (Å²) in [5, 5.41) is 8.08. The first-order valence-corrected chi connectivity index (χ1v) is 8.95. The molecule has 1 atom stereocenters. The number of carbonyl (C=O) groups is 1. The topological polar surface area (TPSA) is 55.3 Å². The van der Waals surface area contributed by atoms with Crippen molar-refractivity contribution in [1.29, 1.82) is 0 Å². The van der Waals surface area contributed by atoms with E-state index in [1.54, 1.807) is 0 Å². The van der Waals surface area contributed by atoms with Gasteiger partial charge in [0.05, 0.1) is 12.2 Å². The van der Waals surface area contributed by atoms with Gasteiger partial charge in [0, 0.05) is 19.0 Å². The van der Waals surface area contributed by atoms with E-state index in [0.717, 1.165) is 31.5 Å². The molecule has 3 rings (SSSR count). The number of piperidine rings is 1. The minimum Gasteiger partial charge on any atom is -0.471 e. The normalized spacial score (nSPS) is 22.8. The zero-order chi connectivity index (χ0) is 16.1. The van der Waals surface area contributed by atoms with Gasteiger partial charge in [-0.2, -0.15) is 5.10 Å². The Kier molecular flexibility index (Phi) is 5.47. The van der Waals surface area contributed by atoms with E-state index in [0.29, 0.717) is 24.2 Å². The molecular formula is C18H27N3O2. The molecule has 0 spiro atoms. The molecule has 2 aliphatic rings. The second-order valence-electron chi connectivity index (χ2n) is 6.94. The van der Waals surface area contributed by atoms with Crippen LogP contribution < -0.4 is 4.74 Å². The third kappa shape index (κ3) is 4.66. The van der Waals surface area contributed by atoms with Crippen LogP contribution in [-0.2, 0) is 4.79 Å². The summed E-state index contributed by atoms with van der Waals surface area (Å²) in [4.78, 5) is 14.5. The van der Waals surface area contributed by atoms with E-state index in [4.69, 9.17) is 4.74 Å². The van der Waals surface area contributed by atoms with Crippen LogP contribution in [0.1, 0.15) is 57.1 Å². The number of aryl methyl sites for hydroxylation is 1. The number of aromatic nitrogens is 2. The van der Waals surface area contributed by atoms with E-state index in [-0.39, 0.29) is 6.10 Å². The van der Waals surface area contributed by atoms with Gasteiger partial charge in [-0.3, -0.25) is 4.79 Å². The lowest BCUT2D eigenvalue weighted by molar-refractivity contribution is -0.135. The fourth-order valence-electron chi connectivity index (χ4n) is 3.65. The molecule has 2 fully saturated rings. The van der Waals surface area contributed by atoms with Crippen LogP contribution in [0.15, 0.2) is 12.1 Å². The molecule has 1 amide bonds. The average Bonchev–Trinajstić information content (AvgIpc) is 2.58. The summed E-state index contributed by atoms with van der Waals surface area (Å²) >= 11 is 0. The molecule has 0 bridgehead atoms. The minimum atomic E-state index is 0.0380. The third-order valence-electron chi connectivity index (χ3n) is 4.98. The molecule has 2 heterocycles. The summed E-state index contributed by atoms with van der Waals surface area (Å²) in [6.45, 7) is 3.45. The predicted octanol–water partition coefficient (Wildman–Crippen LogP) is 3.13. The lowest BCUT2D eigenvalue weighted by atomic mass is 9.86. The molecule has 1 aromatic rings. The lowest BCUT2D eigenvalue weighted by Gasteiger charge is -2.34. The fraction of sp³-hybridized carbons (Fsp3) is 0.722. The van der Waals surface area contributed by atoms with Crippen molar-refractivity contribution in [3.63, 3.8) is 0 Å². The summed E-state index contributed by atoms with van der Waals surface area (Å²) in [5.74, 6) is 1.46. The molecule has 0 N–H and O–H groups in total. The Labute approximate surface area is 138 Å². The molecule has 23 heavy (non-hydrogen) atoms. The summed E-state index contributed by atoms with van der Waals surface area (Å²) in [7, 11) is 0. The number of nitrogens with zero attached hydrogens (tertiary/aromatic N) is 3. The molecule has 1 saturated carbocycles. The zero-order valence-corrected chi connectivity index (χ0v) is 14.0. The van der Waals surface area contributed by atoms with Crippen molar-refractivity contribution < 1.29 is 9.53 Å². The molecule has 126 valence electrons. The van der Waals surface area contributed by atoms with Gasteiger partial charge in [0.2, 0.25) is 11.8 Å².